The predicted molar refractivity (Wildman–Crippen MR) is 62.6 cm³/mol. The Balaban J connectivity index is 2.94. The van der Waals surface area contributed by atoms with E-state index in [9.17, 15) is 0 Å². The molecule has 0 fully saturated rings. The maximum Gasteiger partial charge on any atom is 0.0242 e. The van der Waals surface area contributed by atoms with Gasteiger partial charge in [0.1, 0.15) is 0 Å². The zero-order valence-corrected chi connectivity index (χ0v) is 8.03. The molecule has 0 aliphatic heterocycles. The SMILES string of the molecule is C#C/C(C=C)=C/C(=C)c1ccccc1. The third kappa shape index (κ3) is 2.50. The van der Waals surface area contributed by atoms with Gasteiger partial charge in [-0.05, 0) is 17.2 Å². The first-order valence-corrected chi connectivity index (χ1v) is 4.33. The molecule has 0 aromatic heterocycles. The lowest BCUT2D eigenvalue weighted by atomic mass is 10.1. The molecule has 0 nitrogen and oxygen atoms in total. The first kappa shape index (κ1) is 10.1. The lowest BCUT2D eigenvalue weighted by molar-refractivity contribution is 1.62. The summed E-state index contributed by atoms with van der Waals surface area (Å²) in [4.78, 5) is 0. The van der Waals surface area contributed by atoms with Gasteiger partial charge in [0.2, 0.25) is 0 Å². The molecule has 1 aromatic rings. The first-order chi connectivity index (χ1) is 6.77. The molecule has 1 aromatic carbocycles. The Morgan fingerprint density at radius 1 is 1.29 bits per heavy atom. The van der Waals surface area contributed by atoms with Gasteiger partial charge in [-0.3, -0.25) is 0 Å². The Hall–Kier alpha value is -2.00. The highest BCUT2D eigenvalue weighted by molar-refractivity contribution is 5.74. The van der Waals surface area contributed by atoms with Gasteiger partial charge >= 0.3 is 0 Å². The van der Waals surface area contributed by atoms with Gasteiger partial charge in [-0.25, -0.2) is 0 Å². The second kappa shape index (κ2) is 4.89. The lowest BCUT2D eigenvalue weighted by Gasteiger charge is -1.99. The van der Waals surface area contributed by atoms with Crippen molar-refractivity contribution in [3.05, 3.63) is 66.8 Å². The van der Waals surface area contributed by atoms with Gasteiger partial charge in [-0.1, -0.05) is 55.5 Å². The molecule has 0 saturated heterocycles. The Morgan fingerprint density at radius 3 is 2.43 bits per heavy atom. The van der Waals surface area contributed by atoms with Crippen LogP contribution in [0.25, 0.3) is 5.57 Å². The molecule has 0 bridgehead atoms. The largest absolute Gasteiger partial charge is 0.115 e. The van der Waals surface area contributed by atoms with Crippen LogP contribution in [0.5, 0.6) is 0 Å². The molecule has 1 rings (SSSR count). The average Bonchev–Trinajstić information content (AvgIpc) is 2.26. The first-order valence-electron chi connectivity index (χ1n) is 4.33. The normalized spacial score (nSPS) is 10.4. The summed E-state index contributed by atoms with van der Waals surface area (Å²) in [5.74, 6) is 2.53. The average molecular weight is 180 g/mol. The molecule has 0 amide bonds. The van der Waals surface area contributed by atoms with Crippen LogP contribution in [0.1, 0.15) is 5.56 Å². The van der Waals surface area contributed by atoms with Crippen LogP contribution in [0.4, 0.5) is 0 Å². The highest BCUT2D eigenvalue weighted by atomic mass is 14.0. The second-order valence-corrected chi connectivity index (χ2v) is 2.84. The number of allylic oxidation sites excluding steroid dienone is 4. The highest BCUT2D eigenvalue weighted by Crippen LogP contribution is 2.14. The van der Waals surface area contributed by atoms with E-state index in [1.165, 1.54) is 0 Å². The van der Waals surface area contributed by atoms with Gasteiger partial charge in [-0.2, -0.15) is 0 Å². The van der Waals surface area contributed by atoms with Crippen molar-refractivity contribution in [2.24, 2.45) is 0 Å². The summed E-state index contributed by atoms with van der Waals surface area (Å²) >= 11 is 0. The van der Waals surface area contributed by atoms with Crippen molar-refractivity contribution in [2.45, 2.75) is 0 Å². The van der Waals surface area contributed by atoms with E-state index in [-0.39, 0.29) is 0 Å². The van der Waals surface area contributed by atoms with E-state index in [1.807, 2.05) is 36.4 Å². The van der Waals surface area contributed by atoms with Crippen molar-refractivity contribution < 1.29 is 0 Å². The van der Waals surface area contributed by atoms with E-state index < -0.39 is 0 Å². The fraction of sp³-hybridized carbons (Fsp3) is 0. The Bertz CT molecular complexity index is 399. The summed E-state index contributed by atoms with van der Waals surface area (Å²) in [6.45, 7) is 7.57. The number of benzene rings is 1. The minimum atomic E-state index is 0.749. The van der Waals surface area contributed by atoms with Crippen LogP contribution in [-0.4, -0.2) is 0 Å². The van der Waals surface area contributed by atoms with Crippen molar-refractivity contribution in [1.82, 2.24) is 0 Å². The number of hydrogen-bond acceptors (Lipinski definition) is 0. The van der Waals surface area contributed by atoms with Gasteiger partial charge in [0, 0.05) is 5.57 Å². The highest BCUT2D eigenvalue weighted by Gasteiger charge is 1.94. The molecular formula is C14H12. The molecule has 0 heteroatoms. The molecule has 0 atom stereocenters. The fourth-order valence-electron chi connectivity index (χ4n) is 1.08. The molecule has 0 N–H and O–H groups in total. The summed E-state index contributed by atoms with van der Waals surface area (Å²) in [6, 6.07) is 9.90. The van der Waals surface area contributed by atoms with E-state index in [1.54, 1.807) is 6.08 Å². The van der Waals surface area contributed by atoms with Crippen LogP contribution in [0.2, 0.25) is 0 Å². The molecular weight excluding hydrogens is 168 g/mol. The Kier molecular flexibility index (Phi) is 3.52. The Labute approximate surface area is 85.3 Å². The minimum absolute atomic E-state index is 0.749. The molecule has 0 aliphatic rings. The van der Waals surface area contributed by atoms with Crippen LogP contribution in [0.3, 0.4) is 0 Å². The molecule has 0 spiro atoms. The third-order valence-electron chi connectivity index (χ3n) is 1.86. The standard InChI is InChI=1S/C14H12/c1-4-13(5-2)11-12(3)14-9-7-6-8-10-14/h1,5-11H,2-3H2/b13-11-. The monoisotopic (exact) mass is 180 g/mol. The van der Waals surface area contributed by atoms with Crippen molar-refractivity contribution in [2.75, 3.05) is 0 Å². The van der Waals surface area contributed by atoms with Gasteiger partial charge < -0.3 is 0 Å². The van der Waals surface area contributed by atoms with Gasteiger partial charge in [0.15, 0.2) is 0 Å². The van der Waals surface area contributed by atoms with Crippen molar-refractivity contribution in [3.8, 4) is 12.3 Å². The quantitative estimate of drug-likeness (QED) is 0.493. The summed E-state index contributed by atoms with van der Waals surface area (Å²) in [7, 11) is 0. The summed E-state index contributed by atoms with van der Waals surface area (Å²) in [5.41, 5.74) is 2.72. The zero-order valence-electron chi connectivity index (χ0n) is 8.03. The number of hydrogen-bond donors (Lipinski definition) is 0. The Morgan fingerprint density at radius 2 is 1.93 bits per heavy atom. The predicted octanol–water partition coefficient (Wildman–Crippen LogP) is 3.45. The molecule has 14 heavy (non-hydrogen) atoms. The van der Waals surface area contributed by atoms with Crippen molar-refractivity contribution in [3.63, 3.8) is 0 Å². The van der Waals surface area contributed by atoms with Gasteiger partial charge in [0.05, 0.1) is 0 Å². The smallest absolute Gasteiger partial charge is 0.0242 e. The maximum absolute atomic E-state index is 5.28. The summed E-state index contributed by atoms with van der Waals surface area (Å²) in [5, 5.41) is 0. The molecule has 0 unspecified atom stereocenters. The minimum Gasteiger partial charge on any atom is -0.115 e. The molecule has 0 radical (unpaired) electrons. The van der Waals surface area contributed by atoms with E-state index in [2.05, 4.69) is 19.1 Å². The summed E-state index contributed by atoms with van der Waals surface area (Å²) in [6.07, 6.45) is 8.78. The number of terminal acetylenes is 1. The van der Waals surface area contributed by atoms with Crippen LogP contribution in [0, 0.1) is 12.3 Å². The lowest BCUT2D eigenvalue weighted by Crippen LogP contribution is -1.79. The van der Waals surface area contributed by atoms with Crippen molar-refractivity contribution >= 4 is 5.57 Å². The van der Waals surface area contributed by atoms with Crippen LogP contribution in [-0.2, 0) is 0 Å². The third-order valence-corrected chi connectivity index (χ3v) is 1.86. The van der Waals surface area contributed by atoms with Crippen LogP contribution < -0.4 is 0 Å². The van der Waals surface area contributed by atoms with E-state index in [0.29, 0.717) is 0 Å². The molecule has 0 aliphatic carbocycles. The fourth-order valence-corrected chi connectivity index (χ4v) is 1.08. The van der Waals surface area contributed by atoms with Crippen molar-refractivity contribution in [1.29, 1.82) is 0 Å². The zero-order chi connectivity index (χ0) is 10.4. The topological polar surface area (TPSA) is 0 Å². The summed E-state index contributed by atoms with van der Waals surface area (Å²) < 4.78 is 0. The molecule has 0 saturated carbocycles. The number of rotatable bonds is 3. The van der Waals surface area contributed by atoms with E-state index in [0.717, 1.165) is 16.7 Å². The van der Waals surface area contributed by atoms with Crippen LogP contribution in [0.15, 0.2) is 61.2 Å². The van der Waals surface area contributed by atoms with E-state index >= 15 is 0 Å². The van der Waals surface area contributed by atoms with Gasteiger partial charge in [-0.15, -0.1) is 6.42 Å². The second-order valence-electron chi connectivity index (χ2n) is 2.84. The van der Waals surface area contributed by atoms with Gasteiger partial charge in [0.25, 0.3) is 0 Å². The van der Waals surface area contributed by atoms with E-state index in [4.69, 9.17) is 6.42 Å². The maximum atomic E-state index is 5.28. The molecule has 68 valence electrons. The molecule has 0 heterocycles. The van der Waals surface area contributed by atoms with Crippen LogP contribution >= 0.6 is 0 Å².